The minimum atomic E-state index is -0.992. The summed E-state index contributed by atoms with van der Waals surface area (Å²) in [5.74, 6) is -0.0942. The van der Waals surface area contributed by atoms with Crippen LogP contribution < -0.4 is 0 Å². The number of rotatable bonds is 8. The zero-order chi connectivity index (χ0) is 20.1. The molecule has 2 atom stereocenters. The lowest BCUT2D eigenvalue weighted by molar-refractivity contribution is 0.0994. The van der Waals surface area contributed by atoms with Gasteiger partial charge in [-0.1, -0.05) is 28.9 Å². The van der Waals surface area contributed by atoms with Crippen LogP contribution in [0.5, 0.6) is 0 Å². The first-order valence-corrected chi connectivity index (χ1v) is 10.7. The largest absolute Gasteiger partial charge is 0.612 e. The molecule has 0 spiro atoms. The number of allylic oxidation sites excluding steroid dienone is 2. The van der Waals surface area contributed by atoms with Gasteiger partial charge in [-0.3, -0.25) is 0 Å². The van der Waals surface area contributed by atoms with E-state index in [1.54, 1.807) is 18.5 Å². The number of oxime groups is 1. The van der Waals surface area contributed by atoms with E-state index in [4.69, 9.17) is 9.94 Å². The summed E-state index contributed by atoms with van der Waals surface area (Å²) >= 11 is -0.992. The summed E-state index contributed by atoms with van der Waals surface area (Å²) in [5, 5.41) is 12.6. The normalized spacial score (nSPS) is 17.2. The van der Waals surface area contributed by atoms with E-state index in [2.05, 4.69) is 12.1 Å². The van der Waals surface area contributed by atoms with E-state index in [9.17, 15) is 8.94 Å². The Kier molecular flexibility index (Phi) is 6.88. The molecule has 0 amide bonds. The molecule has 0 saturated carbocycles. The first-order valence-electron chi connectivity index (χ1n) is 9.17. The molecule has 2 aromatic rings. The van der Waals surface area contributed by atoms with Crippen LogP contribution in [0.2, 0.25) is 0 Å². The van der Waals surface area contributed by atoms with Crippen LogP contribution in [0.4, 0.5) is 4.39 Å². The lowest BCUT2D eigenvalue weighted by Crippen LogP contribution is -2.03. The summed E-state index contributed by atoms with van der Waals surface area (Å²) in [6.07, 6.45) is 4.65. The maximum absolute atomic E-state index is 13.9. The molecule has 3 rings (SSSR count). The molecule has 1 N–H and O–H groups in total. The van der Waals surface area contributed by atoms with Crippen LogP contribution >= 0.6 is 0 Å². The Labute approximate surface area is 167 Å². The Morgan fingerprint density at radius 1 is 1.25 bits per heavy atom. The number of benzene rings is 2. The van der Waals surface area contributed by atoms with Crippen molar-refractivity contribution < 1.29 is 18.9 Å². The number of halogens is 1. The predicted molar refractivity (Wildman–Crippen MR) is 110 cm³/mol. The minimum absolute atomic E-state index is 0.0837. The quantitative estimate of drug-likeness (QED) is 0.314. The van der Waals surface area contributed by atoms with E-state index in [-0.39, 0.29) is 24.9 Å². The number of nitrogens with zero attached hydrogens (tertiary/aromatic N) is 1. The molecule has 0 aromatic heterocycles. The average Bonchev–Trinajstić information content (AvgIpc) is 2.93. The predicted octanol–water partition coefficient (Wildman–Crippen LogP) is 4.06. The lowest BCUT2D eigenvalue weighted by atomic mass is 9.90. The van der Waals surface area contributed by atoms with E-state index in [0.29, 0.717) is 6.42 Å². The van der Waals surface area contributed by atoms with Gasteiger partial charge in [-0.15, -0.1) is 0 Å². The van der Waals surface area contributed by atoms with Gasteiger partial charge < -0.3 is 14.5 Å². The van der Waals surface area contributed by atoms with Gasteiger partial charge in [0, 0.05) is 18.6 Å². The van der Waals surface area contributed by atoms with Gasteiger partial charge in [-0.25, -0.2) is 4.39 Å². The van der Waals surface area contributed by atoms with E-state index in [0.717, 1.165) is 33.6 Å². The Bertz CT molecular complexity index is 878. The molecule has 0 bridgehead atoms. The Balaban J connectivity index is 1.84. The SMILES string of the molecule is CC1=C(CC=NOCCO)c2cc(F)ccc2C1Cc1ccc([S+](C)[O-])cc1. The van der Waals surface area contributed by atoms with E-state index < -0.39 is 11.2 Å². The molecule has 28 heavy (non-hydrogen) atoms. The van der Waals surface area contributed by atoms with Gasteiger partial charge in [0.05, 0.1) is 6.61 Å². The summed E-state index contributed by atoms with van der Waals surface area (Å²) in [4.78, 5) is 5.75. The summed E-state index contributed by atoms with van der Waals surface area (Å²) in [7, 11) is 0. The van der Waals surface area contributed by atoms with Crippen molar-refractivity contribution in [2.75, 3.05) is 19.5 Å². The number of hydrogen-bond donors (Lipinski definition) is 1. The van der Waals surface area contributed by atoms with Gasteiger partial charge in [-0.2, -0.15) is 0 Å². The lowest BCUT2D eigenvalue weighted by Gasteiger charge is -2.15. The molecule has 0 fully saturated rings. The van der Waals surface area contributed by atoms with E-state index in [1.165, 1.54) is 11.6 Å². The fraction of sp³-hybridized carbons (Fsp3) is 0.318. The Hall–Kier alpha value is -2.15. The van der Waals surface area contributed by atoms with Crippen LogP contribution in [-0.2, 0) is 22.4 Å². The smallest absolute Gasteiger partial charge is 0.152 e. The summed E-state index contributed by atoms with van der Waals surface area (Å²) < 4.78 is 25.5. The van der Waals surface area contributed by atoms with Crippen molar-refractivity contribution >= 4 is 23.0 Å². The first kappa shape index (κ1) is 20.6. The molecule has 1 aliphatic carbocycles. The van der Waals surface area contributed by atoms with Gasteiger partial charge in [0.1, 0.15) is 18.7 Å². The summed E-state index contributed by atoms with van der Waals surface area (Å²) in [6, 6.07) is 12.8. The van der Waals surface area contributed by atoms with Crippen molar-refractivity contribution in [3.63, 3.8) is 0 Å². The molecule has 2 unspecified atom stereocenters. The number of fused-ring (bicyclic) bond motifs is 1. The topological polar surface area (TPSA) is 64.9 Å². The van der Waals surface area contributed by atoms with Crippen LogP contribution in [0.25, 0.3) is 5.57 Å². The number of aliphatic hydroxyl groups is 1. The highest BCUT2D eigenvalue weighted by molar-refractivity contribution is 7.90. The molecule has 148 valence electrons. The van der Waals surface area contributed by atoms with Crippen LogP contribution in [-0.4, -0.2) is 35.3 Å². The molecular weight excluding hydrogens is 377 g/mol. The highest BCUT2D eigenvalue weighted by Crippen LogP contribution is 2.44. The maximum Gasteiger partial charge on any atom is 0.152 e. The van der Waals surface area contributed by atoms with E-state index >= 15 is 0 Å². The Morgan fingerprint density at radius 3 is 2.68 bits per heavy atom. The second-order valence-corrected chi connectivity index (χ2v) is 8.18. The third kappa shape index (κ3) is 4.63. The number of aliphatic hydroxyl groups excluding tert-OH is 1. The van der Waals surface area contributed by atoms with Crippen molar-refractivity contribution in [1.82, 2.24) is 0 Å². The zero-order valence-corrected chi connectivity index (χ0v) is 16.8. The molecule has 1 aliphatic rings. The Morgan fingerprint density at radius 2 is 2.00 bits per heavy atom. The fourth-order valence-corrected chi connectivity index (χ4v) is 4.13. The monoisotopic (exact) mass is 401 g/mol. The minimum Gasteiger partial charge on any atom is -0.612 e. The molecule has 6 heteroatoms. The standard InChI is InChI=1S/C22H24FNO3S/c1-15-19(9-10-24-27-12-11-25)22-14-17(23)5-8-20(22)21(15)13-16-3-6-18(7-4-16)28(2)26/h3-8,10,14,21,25H,9,11-13H2,1-2H3. The number of hydrogen-bond acceptors (Lipinski definition) is 4. The van der Waals surface area contributed by atoms with Gasteiger partial charge in [0.2, 0.25) is 0 Å². The highest BCUT2D eigenvalue weighted by atomic mass is 32.2. The summed E-state index contributed by atoms with van der Waals surface area (Å²) in [6.45, 7) is 2.15. The van der Waals surface area contributed by atoms with Crippen LogP contribution in [0.15, 0.2) is 58.1 Å². The summed E-state index contributed by atoms with van der Waals surface area (Å²) in [5.41, 5.74) is 5.43. The zero-order valence-electron chi connectivity index (χ0n) is 16.0. The van der Waals surface area contributed by atoms with Gasteiger partial charge in [-0.05, 0) is 71.0 Å². The molecule has 2 aromatic carbocycles. The molecule has 0 saturated heterocycles. The van der Waals surface area contributed by atoms with Crippen molar-refractivity contribution in [2.24, 2.45) is 5.16 Å². The molecule has 4 nitrogen and oxygen atoms in total. The van der Waals surface area contributed by atoms with Gasteiger partial charge in [0.25, 0.3) is 0 Å². The fourth-order valence-electron chi connectivity index (χ4n) is 3.61. The second-order valence-electron chi connectivity index (χ2n) is 6.80. The third-order valence-electron chi connectivity index (χ3n) is 5.04. The van der Waals surface area contributed by atoms with E-state index in [1.807, 2.05) is 30.3 Å². The third-order valence-corrected chi connectivity index (χ3v) is 5.97. The second kappa shape index (κ2) is 9.37. The average molecular weight is 402 g/mol. The van der Waals surface area contributed by atoms with Gasteiger partial charge >= 0.3 is 0 Å². The molecular formula is C22H24FNO3S. The molecule has 0 heterocycles. The van der Waals surface area contributed by atoms with Crippen molar-refractivity contribution in [3.05, 3.63) is 70.5 Å². The molecule has 0 aliphatic heterocycles. The highest BCUT2D eigenvalue weighted by Gasteiger charge is 2.28. The van der Waals surface area contributed by atoms with Crippen LogP contribution in [0.3, 0.4) is 0 Å². The van der Waals surface area contributed by atoms with Crippen molar-refractivity contribution in [3.8, 4) is 0 Å². The van der Waals surface area contributed by atoms with Crippen LogP contribution in [0, 0.1) is 5.82 Å². The van der Waals surface area contributed by atoms with Crippen LogP contribution in [0.1, 0.15) is 36.0 Å². The maximum atomic E-state index is 13.9. The first-order chi connectivity index (χ1) is 13.5. The molecule has 0 radical (unpaired) electrons. The van der Waals surface area contributed by atoms with Crippen molar-refractivity contribution in [2.45, 2.75) is 30.6 Å². The van der Waals surface area contributed by atoms with Crippen molar-refractivity contribution in [1.29, 1.82) is 0 Å². The van der Waals surface area contributed by atoms with Gasteiger partial charge in [0.15, 0.2) is 4.90 Å².